The van der Waals surface area contributed by atoms with Crippen LogP contribution in [-0.4, -0.2) is 26.5 Å². The van der Waals surface area contributed by atoms with E-state index in [1.54, 1.807) is 36.4 Å². The number of hydrogen-bond acceptors (Lipinski definition) is 6. The Balaban J connectivity index is 1.68. The van der Waals surface area contributed by atoms with Crippen molar-refractivity contribution >= 4 is 17.4 Å². The maximum absolute atomic E-state index is 12.4. The number of carbonyl (C=O) groups excluding carboxylic acids is 2. The zero-order valence-electron chi connectivity index (χ0n) is 15.3. The van der Waals surface area contributed by atoms with Crippen LogP contribution < -0.4 is 4.74 Å². The second-order valence-corrected chi connectivity index (χ2v) is 6.13. The molecule has 0 saturated heterocycles. The fourth-order valence-corrected chi connectivity index (χ4v) is 2.82. The minimum Gasteiger partial charge on any atom is -0.425 e. The molecular formula is C20H17N3O5. The fraction of sp³-hybridized carbons (Fsp3) is 0.150. The summed E-state index contributed by atoms with van der Waals surface area (Å²) >= 11 is 0. The number of benzene rings is 2. The van der Waals surface area contributed by atoms with Gasteiger partial charge in [0.05, 0.1) is 4.92 Å². The summed E-state index contributed by atoms with van der Waals surface area (Å²) in [6, 6.07) is 15.1. The summed E-state index contributed by atoms with van der Waals surface area (Å²) in [4.78, 5) is 35.0. The molecule has 0 unspecified atom stereocenters. The summed E-state index contributed by atoms with van der Waals surface area (Å²) in [5, 5.41) is 15.0. The van der Waals surface area contributed by atoms with E-state index in [4.69, 9.17) is 4.74 Å². The molecule has 8 nitrogen and oxygen atoms in total. The van der Waals surface area contributed by atoms with Crippen LogP contribution in [0.4, 0.5) is 5.69 Å². The van der Waals surface area contributed by atoms with Crippen molar-refractivity contribution in [2.75, 3.05) is 0 Å². The highest BCUT2D eigenvalue weighted by Crippen LogP contribution is 2.22. The van der Waals surface area contributed by atoms with Gasteiger partial charge in [0.25, 0.3) is 0 Å². The fourth-order valence-electron chi connectivity index (χ4n) is 2.82. The summed E-state index contributed by atoms with van der Waals surface area (Å²) in [6.07, 6.45) is 0. The molecule has 0 aliphatic rings. The zero-order chi connectivity index (χ0) is 20.3. The predicted octanol–water partition coefficient (Wildman–Crippen LogP) is 3.24. The molecule has 0 fully saturated rings. The highest BCUT2D eigenvalue weighted by molar-refractivity contribution is 6.09. The van der Waals surface area contributed by atoms with E-state index in [-0.39, 0.29) is 35.2 Å². The van der Waals surface area contributed by atoms with Crippen LogP contribution in [0, 0.1) is 24.0 Å². The van der Waals surface area contributed by atoms with Crippen molar-refractivity contribution in [1.82, 2.24) is 9.78 Å². The highest BCUT2D eigenvalue weighted by atomic mass is 16.6. The normalized spacial score (nSPS) is 10.5. The van der Waals surface area contributed by atoms with Crippen LogP contribution in [0.25, 0.3) is 0 Å². The number of ether oxygens (including phenoxy) is 1. The van der Waals surface area contributed by atoms with Crippen LogP contribution in [0.5, 0.6) is 5.75 Å². The van der Waals surface area contributed by atoms with E-state index in [9.17, 15) is 19.7 Å². The van der Waals surface area contributed by atoms with E-state index in [0.717, 1.165) is 0 Å². The second-order valence-electron chi connectivity index (χ2n) is 6.13. The molecule has 1 heterocycles. The molecule has 3 aromatic rings. The Morgan fingerprint density at radius 2 is 1.64 bits per heavy atom. The average molecular weight is 379 g/mol. The lowest BCUT2D eigenvalue weighted by molar-refractivity contribution is -0.386. The van der Waals surface area contributed by atoms with Gasteiger partial charge in [0.15, 0.2) is 5.78 Å². The molecule has 2 aromatic carbocycles. The van der Waals surface area contributed by atoms with Gasteiger partial charge in [-0.3, -0.25) is 19.6 Å². The molecule has 0 N–H and O–H groups in total. The van der Waals surface area contributed by atoms with E-state index >= 15 is 0 Å². The summed E-state index contributed by atoms with van der Waals surface area (Å²) in [7, 11) is 0. The number of nitro groups is 1. The van der Waals surface area contributed by atoms with Gasteiger partial charge in [0.1, 0.15) is 23.7 Å². The monoisotopic (exact) mass is 379 g/mol. The first-order valence-electron chi connectivity index (χ1n) is 8.45. The van der Waals surface area contributed by atoms with Crippen LogP contribution in [0.15, 0.2) is 54.6 Å². The van der Waals surface area contributed by atoms with Crippen LogP contribution in [0.2, 0.25) is 0 Å². The first-order valence-corrected chi connectivity index (χ1v) is 8.45. The Labute approximate surface area is 160 Å². The first kappa shape index (κ1) is 19.0. The Kier molecular flexibility index (Phi) is 5.30. The van der Waals surface area contributed by atoms with Gasteiger partial charge in [-0.25, -0.2) is 4.79 Å². The van der Waals surface area contributed by atoms with Gasteiger partial charge >= 0.3 is 11.7 Å². The molecular weight excluding hydrogens is 362 g/mol. The molecule has 142 valence electrons. The number of esters is 1. The van der Waals surface area contributed by atoms with Gasteiger partial charge < -0.3 is 4.74 Å². The molecule has 0 radical (unpaired) electrons. The summed E-state index contributed by atoms with van der Waals surface area (Å²) in [5.74, 6) is -0.485. The SMILES string of the molecule is Cc1nn(CC(=O)Oc2ccc(C(=O)c3ccccc3)cc2)c(C)c1[N+](=O)[O-]. The maximum atomic E-state index is 12.4. The highest BCUT2D eigenvalue weighted by Gasteiger charge is 2.23. The third-order valence-electron chi connectivity index (χ3n) is 4.19. The Bertz CT molecular complexity index is 1040. The van der Waals surface area contributed by atoms with Gasteiger partial charge in [-0.2, -0.15) is 5.10 Å². The molecule has 0 atom stereocenters. The number of nitrogens with zero attached hydrogens (tertiary/aromatic N) is 3. The third kappa shape index (κ3) is 3.96. The molecule has 0 amide bonds. The van der Waals surface area contributed by atoms with E-state index in [0.29, 0.717) is 11.1 Å². The quantitative estimate of drug-likeness (QED) is 0.214. The molecule has 8 heteroatoms. The van der Waals surface area contributed by atoms with Gasteiger partial charge in [-0.05, 0) is 38.1 Å². The summed E-state index contributed by atoms with van der Waals surface area (Å²) < 4.78 is 6.48. The molecule has 1 aromatic heterocycles. The topological polar surface area (TPSA) is 104 Å². The first-order chi connectivity index (χ1) is 13.4. The van der Waals surface area contributed by atoms with Crippen molar-refractivity contribution in [3.63, 3.8) is 0 Å². The number of carbonyl (C=O) groups is 2. The zero-order valence-corrected chi connectivity index (χ0v) is 15.3. The molecule has 0 aliphatic carbocycles. The van der Waals surface area contributed by atoms with Crippen LogP contribution in [0.1, 0.15) is 27.3 Å². The minimum absolute atomic E-state index is 0.114. The predicted molar refractivity (Wildman–Crippen MR) is 100 cm³/mol. The smallest absolute Gasteiger partial charge is 0.333 e. The minimum atomic E-state index is -0.623. The Morgan fingerprint density at radius 1 is 1.04 bits per heavy atom. The average Bonchev–Trinajstić information content (AvgIpc) is 2.95. The lowest BCUT2D eigenvalue weighted by Crippen LogP contribution is -2.18. The lowest BCUT2D eigenvalue weighted by atomic mass is 10.0. The van der Waals surface area contributed by atoms with Gasteiger partial charge in [0.2, 0.25) is 0 Å². The molecule has 0 saturated carbocycles. The van der Waals surface area contributed by atoms with Crippen molar-refractivity contribution in [2.24, 2.45) is 0 Å². The second kappa shape index (κ2) is 7.83. The van der Waals surface area contributed by atoms with E-state index < -0.39 is 10.9 Å². The van der Waals surface area contributed by atoms with Crippen molar-refractivity contribution in [3.8, 4) is 5.75 Å². The van der Waals surface area contributed by atoms with Gasteiger partial charge in [0, 0.05) is 11.1 Å². The number of aromatic nitrogens is 2. The standard InChI is InChI=1S/C20H17N3O5/c1-13-19(23(26)27)14(2)22(21-13)12-18(24)28-17-10-8-16(9-11-17)20(25)15-6-4-3-5-7-15/h3-11H,12H2,1-2H3. The number of aryl methyl sites for hydroxylation is 1. The number of hydrogen-bond donors (Lipinski definition) is 0. The Morgan fingerprint density at radius 3 is 2.21 bits per heavy atom. The maximum Gasteiger partial charge on any atom is 0.333 e. The van der Waals surface area contributed by atoms with E-state index in [2.05, 4.69) is 5.10 Å². The van der Waals surface area contributed by atoms with E-state index in [1.165, 1.54) is 30.7 Å². The largest absolute Gasteiger partial charge is 0.425 e. The molecule has 0 aliphatic heterocycles. The lowest BCUT2D eigenvalue weighted by Gasteiger charge is -2.07. The Hall–Kier alpha value is -3.81. The molecule has 0 spiro atoms. The van der Waals surface area contributed by atoms with Crippen LogP contribution in [0.3, 0.4) is 0 Å². The molecule has 28 heavy (non-hydrogen) atoms. The summed E-state index contributed by atoms with van der Waals surface area (Å²) in [6.45, 7) is 2.77. The van der Waals surface area contributed by atoms with Crippen molar-refractivity contribution in [1.29, 1.82) is 0 Å². The van der Waals surface area contributed by atoms with Crippen molar-refractivity contribution in [3.05, 3.63) is 87.2 Å². The van der Waals surface area contributed by atoms with Gasteiger partial charge in [-0.15, -0.1) is 0 Å². The van der Waals surface area contributed by atoms with Gasteiger partial charge in [-0.1, -0.05) is 30.3 Å². The molecule has 3 rings (SSSR count). The van der Waals surface area contributed by atoms with Crippen molar-refractivity contribution in [2.45, 2.75) is 20.4 Å². The number of ketones is 1. The third-order valence-corrected chi connectivity index (χ3v) is 4.19. The summed E-state index contributed by atoms with van der Waals surface area (Å²) in [5.41, 5.74) is 1.44. The molecule has 0 bridgehead atoms. The number of rotatable bonds is 6. The van der Waals surface area contributed by atoms with Crippen LogP contribution >= 0.6 is 0 Å². The van der Waals surface area contributed by atoms with Crippen molar-refractivity contribution < 1.29 is 19.2 Å². The van der Waals surface area contributed by atoms with Crippen LogP contribution in [-0.2, 0) is 11.3 Å². The van der Waals surface area contributed by atoms with E-state index in [1.807, 2.05) is 6.07 Å².